The fourth-order valence-electron chi connectivity index (χ4n) is 2.09. The molecule has 0 unspecified atom stereocenters. The number of para-hydroxylation sites is 1. The van der Waals surface area contributed by atoms with Gasteiger partial charge in [-0.2, -0.15) is 0 Å². The molecule has 0 aliphatic carbocycles. The van der Waals surface area contributed by atoms with Crippen LogP contribution >= 0.6 is 0 Å². The number of aryl methyl sites for hydroxylation is 1. The molecule has 2 aromatic rings. The van der Waals surface area contributed by atoms with Crippen molar-refractivity contribution in [2.75, 3.05) is 13.1 Å². The van der Waals surface area contributed by atoms with Crippen molar-refractivity contribution in [3.8, 4) is 0 Å². The lowest BCUT2D eigenvalue weighted by Crippen LogP contribution is -2.21. The summed E-state index contributed by atoms with van der Waals surface area (Å²) in [6.45, 7) is 1.84. The molecule has 1 aromatic heterocycles. The lowest BCUT2D eigenvalue weighted by atomic mass is 10.2. The zero-order valence-corrected chi connectivity index (χ0v) is 8.70. The molecule has 3 heteroatoms. The van der Waals surface area contributed by atoms with Gasteiger partial charge in [0.15, 0.2) is 0 Å². The minimum absolute atomic E-state index is 0.886. The number of benzene rings is 1. The number of hydrogen-bond acceptors (Lipinski definition) is 2. The molecule has 1 aromatic carbocycles. The molecular weight excluding hydrogens is 185 g/mol. The molecule has 76 valence electrons. The number of fused-ring (bicyclic) bond motifs is 1. The Hall–Kier alpha value is -1.77. The van der Waals surface area contributed by atoms with Crippen molar-refractivity contribution in [1.82, 2.24) is 9.88 Å². The minimum atomic E-state index is 0.886. The molecule has 0 amide bonds. The highest BCUT2D eigenvalue weighted by Gasteiger charge is 2.13. The van der Waals surface area contributed by atoms with E-state index in [0.717, 1.165) is 18.9 Å². The molecule has 0 radical (unpaired) electrons. The number of hydrogen-bond donors (Lipinski definition) is 1. The van der Waals surface area contributed by atoms with Gasteiger partial charge in [-0.25, -0.2) is 0 Å². The first kappa shape index (κ1) is 8.53. The van der Waals surface area contributed by atoms with E-state index >= 15 is 0 Å². The van der Waals surface area contributed by atoms with Gasteiger partial charge >= 0.3 is 0 Å². The van der Waals surface area contributed by atoms with Gasteiger partial charge in [0.1, 0.15) is 5.84 Å². The lowest BCUT2D eigenvalue weighted by Gasteiger charge is -2.04. The van der Waals surface area contributed by atoms with Crippen LogP contribution in [0.5, 0.6) is 0 Å². The molecule has 1 N–H and O–H groups in total. The van der Waals surface area contributed by atoms with E-state index in [-0.39, 0.29) is 0 Å². The average molecular weight is 198 g/mol. The Kier molecular flexibility index (Phi) is 1.78. The number of aliphatic imine (C=N–C) groups is 1. The first-order chi connectivity index (χ1) is 7.36. The third kappa shape index (κ3) is 1.23. The SMILES string of the molecule is [11CH3]n1c(C2=NCCN2)cc2ccccc21. The van der Waals surface area contributed by atoms with Crippen molar-refractivity contribution in [2.45, 2.75) is 0 Å². The van der Waals surface area contributed by atoms with Gasteiger partial charge in [0.2, 0.25) is 0 Å². The molecule has 1 aliphatic heterocycles. The van der Waals surface area contributed by atoms with Crippen molar-refractivity contribution in [3.63, 3.8) is 0 Å². The van der Waals surface area contributed by atoms with Crippen molar-refractivity contribution in [2.24, 2.45) is 12.0 Å². The highest BCUT2D eigenvalue weighted by atomic mass is 15.1. The predicted octanol–water partition coefficient (Wildman–Crippen LogP) is 1.53. The van der Waals surface area contributed by atoms with E-state index in [1.807, 2.05) is 0 Å². The maximum Gasteiger partial charge on any atom is 0.145 e. The van der Waals surface area contributed by atoms with E-state index in [9.17, 15) is 0 Å². The van der Waals surface area contributed by atoms with Crippen LogP contribution in [-0.4, -0.2) is 23.5 Å². The van der Waals surface area contributed by atoms with Gasteiger partial charge in [-0.1, -0.05) is 18.2 Å². The van der Waals surface area contributed by atoms with Crippen LogP contribution < -0.4 is 5.32 Å². The van der Waals surface area contributed by atoms with E-state index in [0.29, 0.717) is 0 Å². The second-order valence-electron chi connectivity index (χ2n) is 3.80. The quantitative estimate of drug-likeness (QED) is 0.739. The van der Waals surface area contributed by atoms with Crippen LogP contribution in [0, 0.1) is 0 Å². The zero-order chi connectivity index (χ0) is 10.3. The maximum atomic E-state index is 4.45. The van der Waals surface area contributed by atoms with Crippen LogP contribution in [0.15, 0.2) is 35.3 Å². The Labute approximate surface area is 88.4 Å². The van der Waals surface area contributed by atoms with Crippen LogP contribution in [0.1, 0.15) is 5.69 Å². The Morgan fingerprint density at radius 3 is 2.93 bits per heavy atom. The highest BCUT2D eigenvalue weighted by molar-refractivity contribution is 6.02. The summed E-state index contributed by atoms with van der Waals surface area (Å²) in [5, 5.41) is 4.57. The molecule has 2 heterocycles. The molecule has 1 aliphatic rings. The van der Waals surface area contributed by atoms with Crippen molar-refractivity contribution < 1.29 is 0 Å². The Bertz CT molecular complexity index is 537. The molecule has 3 nitrogen and oxygen atoms in total. The van der Waals surface area contributed by atoms with Crippen LogP contribution in [0.4, 0.5) is 0 Å². The first-order valence-corrected chi connectivity index (χ1v) is 5.19. The van der Waals surface area contributed by atoms with Crippen LogP contribution in [0.2, 0.25) is 0 Å². The number of aromatic nitrogens is 1. The number of nitrogens with zero attached hydrogens (tertiary/aromatic N) is 2. The number of nitrogens with one attached hydrogen (secondary N) is 1. The van der Waals surface area contributed by atoms with Gasteiger partial charge in [0.05, 0.1) is 12.2 Å². The molecule has 0 spiro atoms. The summed E-state index contributed by atoms with van der Waals surface area (Å²) < 4.78 is 2.19. The summed E-state index contributed by atoms with van der Waals surface area (Å²) >= 11 is 0. The maximum absolute atomic E-state index is 4.45. The average Bonchev–Trinajstić information content (AvgIpc) is 2.87. The molecule has 3 rings (SSSR count). The Morgan fingerprint density at radius 1 is 1.33 bits per heavy atom. The largest absolute Gasteiger partial charge is 0.367 e. The summed E-state index contributed by atoms with van der Waals surface area (Å²) in [5.41, 5.74) is 2.43. The van der Waals surface area contributed by atoms with Crippen LogP contribution in [-0.2, 0) is 7.05 Å². The first-order valence-electron chi connectivity index (χ1n) is 5.19. The topological polar surface area (TPSA) is 29.3 Å². The van der Waals surface area contributed by atoms with Crippen molar-refractivity contribution in [3.05, 3.63) is 36.0 Å². The van der Waals surface area contributed by atoms with E-state index in [4.69, 9.17) is 0 Å². The standard InChI is InChI=1S/C12H13N3/c1-15-10-5-3-2-4-9(10)8-11(15)12-13-6-7-14-12/h2-5,8H,6-7H2,1H3,(H,13,14)/i1-1. The molecule has 0 saturated carbocycles. The Balaban J connectivity index is 2.23. The van der Waals surface area contributed by atoms with Crippen LogP contribution in [0.25, 0.3) is 10.9 Å². The number of amidine groups is 1. The van der Waals surface area contributed by atoms with Crippen molar-refractivity contribution in [1.29, 1.82) is 0 Å². The molecule has 0 bridgehead atoms. The molecule has 15 heavy (non-hydrogen) atoms. The van der Waals surface area contributed by atoms with E-state index in [1.165, 1.54) is 16.6 Å². The molecule has 0 fully saturated rings. The zero-order valence-electron chi connectivity index (χ0n) is 8.70. The highest BCUT2D eigenvalue weighted by Crippen LogP contribution is 2.18. The van der Waals surface area contributed by atoms with Gasteiger partial charge in [0, 0.05) is 24.5 Å². The minimum Gasteiger partial charge on any atom is -0.367 e. The fourth-order valence-corrected chi connectivity index (χ4v) is 2.09. The third-order valence-electron chi connectivity index (χ3n) is 2.87. The van der Waals surface area contributed by atoms with Gasteiger partial charge in [-0.15, -0.1) is 0 Å². The van der Waals surface area contributed by atoms with Crippen molar-refractivity contribution >= 4 is 16.7 Å². The second-order valence-corrected chi connectivity index (χ2v) is 3.80. The van der Waals surface area contributed by atoms with E-state index < -0.39 is 0 Å². The van der Waals surface area contributed by atoms with Gasteiger partial charge in [0.25, 0.3) is 0 Å². The molecule has 0 saturated heterocycles. The Morgan fingerprint density at radius 2 is 2.20 bits per heavy atom. The monoisotopic (exact) mass is 198 g/mol. The normalized spacial score (nSPS) is 15.4. The number of rotatable bonds is 1. The van der Waals surface area contributed by atoms with Gasteiger partial charge in [-0.3, -0.25) is 4.99 Å². The van der Waals surface area contributed by atoms with E-state index in [1.54, 1.807) is 0 Å². The second kappa shape index (κ2) is 3.12. The summed E-state index contributed by atoms with van der Waals surface area (Å²) in [4.78, 5) is 4.45. The van der Waals surface area contributed by atoms with Gasteiger partial charge in [-0.05, 0) is 12.1 Å². The third-order valence-corrected chi connectivity index (χ3v) is 2.87. The lowest BCUT2D eigenvalue weighted by molar-refractivity contribution is 0.928. The summed E-state index contributed by atoms with van der Waals surface area (Å²) in [6.07, 6.45) is 0. The fraction of sp³-hybridized carbons (Fsp3) is 0.250. The smallest absolute Gasteiger partial charge is 0.145 e. The predicted molar refractivity (Wildman–Crippen MR) is 62.3 cm³/mol. The van der Waals surface area contributed by atoms with E-state index in [2.05, 4.69) is 52.3 Å². The summed E-state index contributed by atoms with van der Waals surface area (Å²) in [6, 6.07) is 10.6. The summed E-state index contributed by atoms with van der Waals surface area (Å²) in [5.74, 6) is 1.02. The van der Waals surface area contributed by atoms with Gasteiger partial charge < -0.3 is 9.88 Å². The molecular formula is C12H13N3. The summed E-state index contributed by atoms with van der Waals surface area (Å²) in [7, 11) is 2.08. The van der Waals surface area contributed by atoms with Crippen LogP contribution in [0.3, 0.4) is 0 Å². The molecule has 0 atom stereocenters.